The fraction of sp³-hybridized carbons (Fsp3) is 0.0556. The minimum absolute atomic E-state index is 0.134. The van der Waals surface area contributed by atoms with Gasteiger partial charge in [-0.05, 0) is 34.9 Å². The molecule has 0 atom stereocenters. The summed E-state index contributed by atoms with van der Waals surface area (Å²) in [5.41, 5.74) is 3.91. The van der Waals surface area contributed by atoms with Crippen LogP contribution in [0, 0.1) is 6.07 Å². The first-order valence-corrected chi connectivity index (χ1v) is 6.64. The monoisotopic (exact) mass is 276 g/mol. The van der Waals surface area contributed by atoms with Gasteiger partial charge in [0.2, 0.25) is 0 Å². The van der Waals surface area contributed by atoms with Crippen molar-refractivity contribution < 1.29 is 10.2 Å². The summed E-state index contributed by atoms with van der Waals surface area (Å²) in [6, 6.07) is 17.7. The van der Waals surface area contributed by atoms with E-state index in [4.69, 9.17) is 0 Å². The summed E-state index contributed by atoms with van der Waals surface area (Å²) < 4.78 is 0. The third-order valence-corrected chi connectivity index (χ3v) is 3.41. The topological polar surface area (TPSA) is 53.4 Å². The third-order valence-electron chi connectivity index (χ3n) is 3.41. The highest BCUT2D eigenvalue weighted by Gasteiger charge is 2.13. The van der Waals surface area contributed by atoms with Gasteiger partial charge < -0.3 is 10.2 Å². The molecular formula is C18H14NO2. The fourth-order valence-electron chi connectivity index (χ4n) is 2.41. The zero-order chi connectivity index (χ0) is 14.7. The van der Waals surface area contributed by atoms with E-state index in [2.05, 4.69) is 11.1 Å². The molecule has 0 spiro atoms. The molecule has 21 heavy (non-hydrogen) atoms. The Morgan fingerprint density at radius 1 is 1.00 bits per heavy atom. The van der Waals surface area contributed by atoms with E-state index in [1.54, 1.807) is 30.6 Å². The van der Waals surface area contributed by atoms with E-state index in [-0.39, 0.29) is 12.4 Å². The maximum Gasteiger partial charge on any atom is 0.123 e. The lowest BCUT2D eigenvalue weighted by atomic mass is 9.92. The maximum atomic E-state index is 10.0. The molecular weight excluding hydrogens is 262 g/mol. The van der Waals surface area contributed by atoms with Crippen molar-refractivity contribution in [3.05, 3.63) is 72.6 Å². The standard InChI is InChI=1S/C18H14NO2/c20-12-17-14(13-5-4-10-19-11-13)7-3-8-15(17)16-6-1-2-9-18(16)21/h1-7,9-11,20-21H,12H2. The van der Waals surface area contributed by atoms with Crippen molar-refractivity contribution in [2.75, 3.05) is 0 Å². The molecule has 0 aliphatic carbocycles. The van der Waals surface area contributed by atoms with Crippen LogP contribution in [0.2, 0.25) is 0 Å². The van der Waals surface area contributed by atoms with Gasteiger partial charge in [0.05, 0.1) is 6.61 Å². The van der Waals surface area contributed by atoms with Crippen LogP contribution in [-0.4, -0.2) is 15.2 Å². The number of aromatic hydroxyl groups is 1. The average Bonchev–Trinajstić information content (AvgIpc) is 2.55. The van der Waals surface area contributed by atoms with Crippen LogP contribution in [0.25, 0.3) is 22.3 Å². The number of aromatic nitrogens is 1. The molecule has 103 valence electrons. The largest absolute Gasteiger partial charge is 0.507 e. The SMILES string of the molecule is OCc1c(-c2ccccc2O)[c]ccc1-c1cccnc1. The second-order valence-corrected chi connectivity index (χ2v) is 4.66. The highest BCUT2D eigenvalue weighted by atomic mass is 16.3. The summed E-state index contributed by atoms with van der Waals surface area (Å²) >= 11 is 0. The van der Waals surface area contributed by atoms with Crippen LogP contribution in [0.1, 0.15) is 5.56 Å². The summed E-state index contributed by atoms with van der Waals surface area (Å²) in [4.78, 5) is 4.12. The van der Waals surface area contributed by atoms with Crippen molar-refractivity contribution in [2.24, 2.45) is 0 Å². The van der Waals surface area contributed by atoms with Gasteiger partial charge in [-0.2, -0.15) is 0 Å². The zero-order valence-corrected chi connectivity index (χ0v) is 11.3. The molecule has 0 aliphatic rings. The number of aliphatic hydroxyl groups is 1. The second kappa shape index (κ2) is 5.77. The number of benzene rings is 2. The fourth-order valence-corrected chi connectivity index (χ4v) is 2.41. The minimum atomic E-state index is -0.134. The summed E-state index contributed by atoms with van der Waals surface area (Å²) in [7, 11) is 0. The molecule has 0 aliphatic heterocycles. The second-order valence-electron chi connectivity index (χ2n) is 4.66. The van der Waals surface area contributed by atoms with Gasteiger partial charge in [-0.15, -0.1) is 0 Å². The van der Waals surface area contributed by atoms with Crippen molar-refractivity contribution in [2.45, 2.75) is 6.61 Å². The minimum Gasteiger partial charge on any atom is -0.507 e. The molecule has 2 N–H and O–H groups in total. The summed E-state index contributed by atoms with van der Waals surface area (Å²) in [5, 5.41) is 19.8. The molecule has 1 heterocycles. The smallest absolute Gasteiger partial charge is 0.123 e. The van der Waals surface area contributed by atoms with Crippen LogP contribution < -0.4 is 0 Å². The normalized spacial score (nSPS) is 10.5. The first kappa shape index (κ1) is 13.3. The Morgan fingerprint density at radius 3 is 2.57 bits per heavy atom. The molecule has 3 rings (SSSR count). The van der Waals surface area contributed by atoms with Crippen molar-refractivity contribution in [3.8, 4) is 28.0 Å². The molecule has 0 saturated carbocycles. The van der Waals surface area contributed by atoms with Gasteiger partial charge in [0.25, 0.3) is 0 Å². The number of pyridine rings is 1. The van der Waals surface area contributed by atoms with E-state index in [1.807, 2.05) is 30.3 Å². The number of hydrogen-bond acceptors (Lipinski definition) is 3. The van der Waals surface area contributed by atoms with Gasteiger partial charge in [0.1, 0.15) is 5.75 Å². The summed E-state index contributed by atoms with van der Waals surface area (Å²) in [6.45, 7) is -0.134. The van der Waals surface area contributed by atoms with Crippen molar-refractivity contribution in [3.63, 3.8) is 0 Å². The first-order valence-electron chi connectivity index (χ1n) is 6.64. The predicted octanol–water partition coefficient (Wildman–Crippen LogP) is 3.41. The highest BCUT2D eigenvalue weighted by Crippen LogP contribution is 2.35. The number of phenols is 1. The average molecular weight is 276 g/mol. The summed E-state index contributed by atoms with van der Waals surface area (Å²) in [5.74, 6) is 0.173. The number of nitrogens with zero attached hydrogens (tertiary/aromatic N) is 1. The molecule has 3 nitrogen and oxygen atoms in total. The quantitative estimate of drug-likeness (QED) is 0.770. The molecule has 2 aromatic carbocycles. The zero-order valence-electron chi connectivity index (χ0n) is 11.3. The van der Waals surface area contributed by atoms with E-state index >= 15 is 0 Å². The number of rotatable bonds is 3. The lowest BCUT2D eigenvalue weighted by molar-refractivity contribution is 0.283. The van der Waals surface area contributed by atoms with Crippen LogP contribution in [0.4, 0.5) is 0 Å². The predicted molar refractivity (Wildman–Crippen MR) is 81.5 cm³/mol. The Hall–Kier alpha value is -2.65. The maximum absolute atomic E-state index is 10.0. The molecule has 0 fully saturated rings. The molecule has 3 aromatic rings. The molecule has 0 saturated heterocycles. The highest BCUT2D eigenvalue weighted by molar-refractivity contribution is 5.80. The number of para-hydroxylation sites is 1. The molecule has 1 aromatic heterocycles. The van der Waals surface area contributed by atoms with E-state index in [1.165, 1.54) is 0 Å². The van der Waals surface area contributed by atoms with E-state index in [0.717, 1.165) is 16.7 Å². The van der Waals surface area contributed by atoms with Crippen LogP contribution in [0.15, 0.2) is 60.9 Å². The van der Waals surface area contributed by atoms with E-state index in [9.17, 15) is 10.2 Å². The van der Waals surface area contributed by atoms with Gasteiger partial charge in [0.15, 0.2) is 0 Å². The molecule has 0 bridgehead atoms. The Kier molecular flexibility index (Phi) is 3.67. The molecule has 0 unspecified atom stereocenters. The van der Waals surface area contributed by atoms with Crippen LogP contribution in [0.3, 0.4) is 0 Å². The van der Waals surface area contributed by atoms with E-state index < -0.39 is 0 Å². The number of phenolic OH excluding ortho intramolecular Hbond substituents is 1. The van der Waals surface area contributed by atoms with Gasteiger partial charge in [-0.1, -0.05) is 36.4 Å². The van der Waals surface area contributed by atoms with Gasteiger partial charge >= 0.3 is 0 Å². The summed E-state index contributed by atoms with van der Waals surface area (Å²) in [6.07, 6.45) is 3.46. The first-order chi connectivity index (χ1) is 10.3. The van der Waals surface area contributed by atoms with Crippen molar-refractivity contribution >= 4 is 0 Å². The van der Waals surface area contributed by atoms with Gasteiger partial charge in [-0.3, -0.25) is 4.98 Å². The lowest BCUT2D eigenvalue weighted by Gasteiger charge is -2.14. The Labute approximate surface area is 123 Å². The number of hydrogen-bond donors (Lipinski definition) is 2. The Bertz CT molecular complexity index is 754. The van der Waals surface area contributed by atoms with Gasteiger partial charge in [-0.25, -0.2) is 0 Å². The van der Waals surface area contributed by atoms with Crippen LogP contribution in [0.5, 0.6) is 5.75 Å². The Balaban J connectivity index is 2.22. The van der Waals surface area contributed by atoms with E-state index in [0.29, 0.717) is 11.1 Å². The van der Waals surface area contributed by atoms with Crippen molar-refractivity contribution in [1.82, 2.24) is 4.98 Å². The third kappa shape index (κ3) is 2.51. The molecule has 0 amide bonds. The van der Waals surface area contributed by atoms with Crippen molar-refractivity contribution in [1.29, 1.82) is 0 Å². The number of aliphatic hydroxyl groups excluding tert-OH is 1. The van der Waals surface area contributed by atoms with Crippen LogP contribution in [-0.2, 0) is 6.61 Å². The van der Waals surface area contributed by atoms with Gasteiger partial charge in [0, 0.05) is 23.5 Å². The van der Waals surface area contributed by atoms with Crippen LogP contribution >= 0.6 is 0 Å². The molecule has 1 radical (unpaired) electrons. The lowest BCUT2D eigenvalue weighted by Crippen LogP contribution is -1.95. The Morgan fingerprint density at radius 2 is 1.86 bits per heavy atom. The molecule has 3 heteroatoms.